The number of rotatable bonds is 22. The fraction of sp³-hybridized carbons (Fsp3) is 1.00. The summed E-state index contributed by atoms with van der Waals surface area (Å²) in [6.45, 7) is 9.41. The fourth-order valence-corrected chi connectivity index (χ4v) is 10.3. The van der Waals surface area contributed by atoms with E-state index in [1.807, 2.05) is 0 Å². The molecular weight excluding hydrogens is 340 g/mol. The molecule has 0 atom stereocenters. The van der Waals surface area contributed by atoms with Crippen molar-refractivity contribution in [2.45, 2.75) is 167 Å². The van der Waals surface area contributed by atoms with Gasteiger partial charge in [0.15, 0.2) is 0 Å². The summed E-state index contributed by atoms with van der Waals surface area (Å²) in [7, 11) is -1.01. The zero-order chi connectivity index (χ0) is 20.1. The van der Waals surface area contributed by atoms with Crippen LogP contribution >= 0.6 is 0 Å². The summed E-state index contributed by atoms with van der Waals surface area (Å²) in [5.41, 5.74) is 0. The van der Waals surface area contributed by atoms with Crippen LogP contribution in [0, 0.1) is 0 Å². The number of unbranched alkanes of at least 4 members (excludes halogenated alkanes) is 14. The summed E-state index contributed by atoms with van der Waals surface area (Å²) in [5.74, 6) is 0. The van der Waals surface area contributed by atoms with E-state index in [0.717, 1.165) is 0 Å². The summed E-state index contributed by atoms with van der Waals surface area (Å²) in [6.07, 6.45) is 26.6. The van der Waals surface area contributed by atoms with Crippen molar-refractivity contribution in [3.05, 3.63) is 0 Å². The second-order valence-corrected chi connectivity index (χ2v) is 14.4. The van der Waals surface area contributed by atoms with Crippen molar-refractivity contribution >= 4 is 8.07 Å². The summed E-state index contributed by atoms with van der Waals surface area (Å²) < 4.78 is 0. The van der Waals surface area contributed by atoms with Gasteiger partial charge in [0.05, 0.1) is 8.07 Å². The largest absolute Gasteiger partial charge is 0.0654 e. The molecule has 0 unspecified atom stereocenters. The maximum Gasteiger partial charge on any atom is 0.0535 e. The summed E-state index contributed by atoms with van der Waals surface area (Å²) in [5, 5.41) is 0. The van der Waals surface area contributed by atoms with E-state index >= 15 is 0 Å². The Kier molecular flexibility index (Phi) is 21.1. The van der Waals surface area contributed by atoms with E-state index in [0.29, 0.717) is 0 Å². The molecule has 0 aliphatic rings. The second kappa shape index (κ2) is 20.9. The van der Waals surface area contributed by atoms with Gasteiger partial charge in [-0.1, -0.05) is 167 Å². The molecular formula is C26H56Si. The minimum absolute atomic E-state index is 1.01. The van der Waals surface area contributed by atoms with Crippen LogP contribution < -0.4 is 0 Å². The molecule has 0 fully saturated rings. The molecule has 0 aliphatic heterocycles. The number of hydrogen-bond acceptors (Lipinski definition) is 0. The Hall–Kier alpha value is 0.217. The van der Waals surface area contributed by atoms with Crippen LogP contribution in [0.15, 0.2) is 0 Å². The predicted molar refractivity (Wildman–Crippen MR) is 131 cm³/mol. The average molecular weight is 397 g/mol. The van der Waals surface area contributed by atoms with E-state index < -0.39 is 8.07 Å². The molecule has 1 heteroatoms. The summed E-state index contributed by atoms with van der Waals surface area (Å²) >= 11 is 0. The Morgan fingerprint density at radius 2 is 0.519 bits per heavy atom. The highest BCUT2D eigenvalue weighted by Gasteiger charge is 2.30. The Balaban J connectivity index is 4.61. The molecule has 0 N–H and O–H groups in total. The van der Waals surface area contributed by atoms with Gasteiger partial charge in [0.1, 0.15) is 0 Å². The van der Waals surface area contributed by atoms with Crippen molar-refractivity contribution in [1.82, 2.24) is 0 Å². The molecule has 0 aliphatic carbocycles. The maximum absolute atomic E-state index is 2.36. The van der Waals surface area contributed by atoms with Gasteiger partial charge in [0.25, 0.3) is 0 Å². The zero-order valence-corrected chi connectivity index (χ0v) is 21.1. The molecule has 0 rings (SSSR count). The van der Waals surface area contributed by atoms with Crippen molar-refractivity contribution in [3.63, 3.8) is 0 Å². The van der Waals surface area contributed by atoms with Gasteiger partial charge in [0, 0.05) is 0 Å². The molecule has 0 aromatic rings. The molecule has 0 saturated heterocycles. The first-order valence-electron chi connectivity index (χ1n) is 13.2. The monoisotopic (exact) mass is 396 g/mol. The van der Waals surface area contributed by atoms with Gasteiger partial charge in [-0.05, 0) is 0 Å². The van der Waals surface area contributed by atoms with Gasteiger partial charge >= 0.3 is 0 Å². The lowest BCUT2D eigenvalue weighted by Gasteiger charge is -2.33. The second-order valence-electron chi connectivity index (χ2n) is 9.45. The van der Waals surface area contributed by atoms with Crippen LogP contribution in [-0.2, 0) is 0 Å². The van der Waals surface area contributed by atoms with Gasteiger partial charge in [0.2, 0.25) is 0 Å². The van der Waals surface area contributed by atoms with E-state index in [-0.39, 0.29) is 0 Å². The zero-order valence-electron chi connectivity index (χ0n) is 20.1. The molecule has 0 bridgehead atoms. The van der Waals surface area contributed by atoms with Gasteiger partial charge < -0.3 is 0 Å². The molecule has 0 amide bonds. The van der Waals surface area contributed by atoms with Crippen molar-refractivity contribution in [1.29, 1.82) is 0 Å². The minimum atomic E-state index is -1.01. The van der Waals surface area contributed by atoms with Gasteiger partial charge in [-0.25, -0.2) is 0 Å². The molecule has 0 spiro atoms. The first kappa shape index (κ1) is 27.2. The topological polar surface area (TPSA) is 0 Å². The first-order valence-corrected chi connectivity index (χ1v) is 16.1. The molecule has 0 heterocycles. The van der Waals surface area contributed by atoms with Crippen LogP contribution in [0.3, 0.4) is 0 Å². The van der Waals surface area contributed by atoms with E-state index in [1.165, 1.54) is 89.9 Å². The van der Waals surface area contributed by atoms with E-state index in [2.05, 4.69) is 27.7 Å². The highest BCUT2D eigenvalue weighted by molar-refractivity contribution is 6.79. The Morgan fingerprint density at radius 3 is 0.815 bits per heavy atom. The lowest BCUT2D eigenvalue weighted by Crippen LogP contribution is -2.34. The molecule has 0 radical (unpaired) electrons. The van der Waals surface area contributed by atoms with Crippen LogP contribution in [0.2, 0.25) is 24.2 Å². The van der Waals surface area contributed by atoms with Gasteiger partial charge in [-0.3, -0.25) is 0 Å². The van der Waals surface area contributed by atoms with Crippen molar-refractivity contribution in [2.75, 3.05) is 0 Å². The first-order chi connectivity index (χ1) is 13.2. The minimum Gasteiger partial charge on any atom is -0.0654 e. The predicted octanol–water partition coefficient (Wildman–Crippen LogP) is 10.5. The highest BCUT2D eigenvalue weighted by atomic mass is 28.3. The van der Waals surface area contributed by atoms with Crippen molar-refractivity contribution in [3.8, 4) is 0 Å². The Morgan fingerprint density at radius 1 is 0.296 bits per heavy atom. The Bertz CT molecular complexity index is 242. The summed E-state index contributed by atoms with van der Waals surface area (Å²) in [6, 6.07) is 6.67. The summed E-state index contributed by atoms with van der Waals surface area (Å²) in [4.78, 5) is 0. The quantitative estimate of drug-likeness (QED) is 0.126. The smallest absolute Gasteiger partial charge is 0.0535 e. The third-order valence-electron chi connectivity index (χ3n) is 6.74. The number of hydrogen-bond donors (Lipinski definition) is 0. The SMILES string of the molecule is CCCCCCCC[Si](CCCCCC)(CCCCCC)CCCCCC. The van der Waals surface area contributed by atoms with E-state index in [4.69, 9.17) is 0 Å². The maximum atomic E-state index is 2.36. The average Bonchev–Trinajstić information content (AvgIpc) is 2.68. The molecule has 164 valence electrons. The van der Waals surface area contributed by atoms with Crippen LogP contribution in [0.1, 0.15) is 143 Å². The molecule has 0 saturated carbocycles. The van der Waals surface area contributed by atoms with Crippen LogP contribution in [0.5, 0.6) is 0 Å². The van der Waals surface area contributed by atoms with Crippen LogP contribution in [-0.4, -0.2) is 8.07 Å². The fourth-order valence-electron chi connectivity index (χ4n) is 4.81. The lowest BCUT2D eigenvalue weighted by atomic mass is 10.1. The van der Waals surface area contributed by atoms with E-state index in [1.54, 1.807) is 49.9 Å². The lowest BCUT2D eigenvalue weighted by molar-refractivity contribution is 0.615. The third-order valence-corrected chi connectivity index (χ3v) is 12.4. The highest BCUT2D eigenvalue weighted by Crippen LogP contribution is 2.35. The van der Waals surface area contributed by atoms with Crippen molar-refractivity contribution < 1.29 is 0 Å². The van der Waals surface area contributed by atoms with E-state index in [9.17, 15) is 0 Å². The van der Waals surface area contributed by atoms with Gasteiger partial charge in [-0.2, -0.15) is 0 Å². The van der Waals surface area contributed by atoms with Crippen molar-refractivity contribution in [2.24, 2.45) is 0 Å². The Labute approximate surface area is 175 Å². The molecule has 0 aromatic carbocycles. The normalized spacial score (nSPS) is 12.0. The van der Waals surface area contributed by atoms with Crippen LogP contribution in [0.25, 0.3) is 0 Å². The molecule has 0 aromatic heterocycles. The van der Waals surface area contributed by atoms with Crippen LogP contribution in [0.4, 0.5) is 0 Å². The molecule has 27 heavy (non-hydrogen) atoms. The van der Waals surface area contributed by atoms with Gasteiger partial charge in [-0.15, -0.1) is 0 Å². The molecule has 0 nitrogen and oxygen atoms in total. The standard InChI is InChI=1S/C26H56Si/c1-5-9-13-17-18-22-26-27(23-19-14-10-6-2,24-20-15-11-7-3)25-21-16-12-8-4/h5-26H2,1-4H3. The third kappa shape index (κ3) is 16.8.